The van der Waals surface area contributed by atoms with Crippen molar-refractivity contribution in [3.8, 4) is 11.1 Å². The monoisotopic (exact) mass is 287 g/mol. The number of hydrogen-bond acceptors (Lipinski definition) is 4. The Kier molecular flexibility index (Phi) is 4.42. The van der Waals surface area contributed by atoms with Crippen LogP contribution in [0.4, 0.5) is 0 Å². The molecule has 0 atom stereocenters. The van der Waals surface area contributed by atoms with Crippen molar-refractivity contribution in [2.45, 2.75) is 13.8 Å². The molecule has 21 heavy (non-hydrogen) atoms. The van der Waals surface area contributed by atoms with Crippen molar-refractivity contribution in [1.29, 1.82) is 0 Å². The van der Waals surface area contributed by atoms with Gasteiger partial charge in [0.25, 0.3) is 0 Å². The van der Waals surface area contributed by atoms with E-state index in [9.17, 15) is 9.59 Å². The van der Waals surface area contributed by atoms with Gasteiger partial charge in [-0.1, -0.05) is 29.8 Å². The van der Waals surface area contributed by atoms with Gasteiger partial charge in [0.15, 0.2) is 0 Å². The quantitative estimate of drug-likeness (QED) is 0.878. The van der Waals surface area contributed by atoms with Crippen molar-refractivity contribution in [3.05, 3.63) is 47.3 Å². The molecule has 0 saturated carbocycles. The van der Waals surface area contributed by atoms with Gasteiger partial charge in [-0.2, -0.15) is 0 Å². The molecule has 1 heterocycles. The van der Waals surface area contributed by atoms with Crippen molar-refractivity contribution >= 4 is 11.9 Å². The largest absolute Gasteiger partial charge is 0.465 e. The minimum atomic E-state index is -0.502. The van der Waals surface area contributed by atoms with Crippen LogP contribution in [0.15, 0.2) is 30.5 Å². The zero-order valence-corrected chi connectivity index (χ0v) is 12.2. The number of carbonyl (C=O) groups is 2. The lowest BCUT2D eigenvalue weighted by Gasteiger charge is -2.07. The topological polar surface area (TPSA) is 68.4 Å². The Morgan fingerprint density at radius 1 is 1.14 bits per heavy atom. The maximum atomic E-state index is 12.0. The van der Waals surface area contributed by atoms with E-state index in [-0.39, 0.29) is 12.3 Å². The second kappa shape index (κ2) is 6.26. The molecular weight excluding hydrogens is 270 g/mol. The fourth-order valence-electron chi connectivity index (χ4n) is 2.08. The Hall–Kier alpha value is -2.56. The second-order valence-corrected chi connectivity index (χ2v) is 4.53. The molecule has 0 unspecified atom stereocenters. The van der Waals surface area contributed by atoms with Crippen LogP contribution < -0.4 is 0 Å². The number of aryl methyl sites for hydroxylation is 1. The van der Waals surface area contributed by atoms with E-state index in [0.717, 1.165) is 11.1 Å². The van der Waals surface area contributed by atoms with Crippen LogP contribution in [0.25, 0.3) is 11.1 Å². The van der Waals surface area contributed by atoms with Gasteiger partial charge >= 0.3 is 11.9 Å². The van der Waals surface area contributed by atoms with Gasteiger partial charge in [0.1, 0.15) is 5.69 Å². The number of aromatic amines is 1. The lowest BCUT2D eigenvalue weighted by molar-refractivity contribution is 0.0521. The molecular formula is C16H17NO4. The van der Waals surface area contributed by atoms with Gasteiger partial charge in [0.05, 0.1) is 19.3 Å². The van der Waals surface area contributed by atoms with Crippen molar-refractivity contribution in [2.24, 2.45) is 0 Å². The summed E-state index contributed by atoms with van der Waals surface area (Å²) in [7, 11) is 1.30. The highest BCUT2D eigenvalue weighted by Crippen LogP contribution is 2.29. The van der Waals surface area contributed by atoms with Crippen LogP contribution in [0.3, 0.4) is 0 Å². The fraction of sp³-hybridized carbons (Fsp3) is 0.250. The highest BCUT2D eigenvalue weighted by molar-refractivity contribution is 6.05. The fourth-order valence-corrected chi connectivity index (χ4v) is 2.08. The van der Waals surface area contributed by atoms with Crippen LogP contribution in [0.1, 0.15) is 33.3 Å². The summed E-state index contributed by atoms with van der Waals surface area (Å²) in [6, 6.07) is 7.54. The van der Waals surface area contributed by atoms with Gasteiger partial charge in [0.2, 0.25) is 0 Å². The summed E-state index contributed by atoms with van der Waals surface area (Å²) >= 11 is 0. The minimum Gasteiger partial charge on any atom is -0.465 e. The number of methoxy groups -OCH3 is 1. The molecule has 2 aromatic rings. The first kappa shape index (κ1) is 14.8. The van der Waals surface area contributed by atoms with Crippen molar-refractivity contribution in [3.63, 3.8) is 0 Å². The molecule has 1 aromatic heterocycles. The first-order valence-corrected chi connectivity index (χ1v) is 6.62. The Morgan fingerprint density at radius 2 is 1.81 bits per heavy atom. The number of esters is 2. The Bertz CT molecular complexity index is 655. The molecule has 110 valence electrons. The van der Waals surface area contributed by atoms with E-state index in [2.05, 4.69) is 4.98 Å². The molecule has 1 N–H and O–H groups in total. The maximum Gasteiger partial charge on any atom is 0.355 e. The van der Waals surface area contributed by atoms with Crippen LogP contribution in [0.2, 0.25) is 0 Å². The van der Waals surface area contributed by atoms with Crippen LogP contribution in [-0.4, -0.2) is 30.6 Å². The van der Waals surface area contributed by atoms with E-state index in [4.69, 9.17) is 9.47 Å². The summed E-state index contributed by atoms with van der Waals surface area (Å²) in [4.78, 5) is 26.7. The Labute approximate surface area is 122 Å². The molecule has 0 bridgehead atoms. The zero-order chi connectivity index (χ0) is 15.4. The molecule has 1 aromatic carbocycles. The third-order valence-electron chi connectivity index (χ3n) is 3.11. The van der Waals surface area contributed by atoms with E-state index in [1.165, 1.54) is 13.3 Å². The average Bonchev–Trinajstić information content (AvgIpc) is 2.92. The van der Waals surface area contributed by atoms with Crippen LogP contribution in [0.5, 0.6) is 0 Å². The SMILES string of the molecule is CCOC(=O)c1[nH]cc(C(=O)OC)c1-c1ccc(C)cc1. The standard InChI is InChI=1S/C16H17NO4/c1-4-21-16(19)14-13(11-7-5-10(2)6-8-11)12(9-17-14)15(18)20-3/h5-9,17H,4H2,1-3H3. The zero-order valence-electron chi connectivity index (χ0n) is 12.2. The smallest absolute Gasteiger partial charge is 0.355 e. The Morgan fingerprint density at radius 3 is 2.38 bits per heavy atom. The summed E-state index contributed by atoms with van der Waals surface area (Å²) in [6.45, 7) is 3.96. The molecule has 5 heteroatoms. The van der Waals surface area contributed by atoms with E-state index < -0.39 is 11.9 Å². The molecule has 5 nitrogen and oxygen atoms in total. The number of H-pyrrole nitrogens is 1. The first-order valence-electron chi connectivity index (χ1n) is 6.62. The van der Waals surface area contributed by atoms with Crippen LogP contribution >= 0.6 is 0 Å². The van der Waals surface area contributed by atoms with E-state index in [1.54, 1.807) is 6.92 Å². The maximum absolute atomic E-state index is 12.0. The minimum absolute atomic E-state index is 0.251. The van der Waals surface area contributed by atoms with Crippen molar-refractivity contribution < 1.29 is 19.1 Å². The Balaban J connectivity index is 2.58. The normalized spacial score (nSPS) is 10.2. The van der Waals surface area contributed by atoms with Gasteiger partial charge in [-0.3, -0.25) is 0 Å². The van der Waals surface area contributed by atoms with Crippen molar-refractivity contribution in [1.82, 2.24) is 4.98 Å². The number of rotatable bonds is 4. The van der Waals surface area contributed by atoms with Crippen LogP contribution in [0, 0.1) is 6.92 Å². The first-order chi connectivity index (χ1) is 10.1. The molecule has 0 aliphatic heterocycles. The van der Waals surface area contributed by atoms with Crippen molar-refractivity contribution in [2.75, 3.05) is 13.7 Å². The number of benzene rings is 1. The molecule has 0 amide bonds. The molecule has 0 aliphatic carbocycles. The van der Waals surface area contributed by atoms with Gasteiger partial charge in [-0.25, -0.2) is 9.59 Å². The van der Waals surface area contributed by atoms with Gasteiger partial charge in [-0.05, 0) is 19.4 Å². The summed E-state index contributed by atoms with van der Waals surface area (Å²) in [5.74, 6) is -0.999. The van der Waals surface area contributed by atoms with Crippen LogP contribution in [-0.2, 0) is 9.47 Å². The number of carbonyl (C=O) groups excluding carboxylic acids is 2. The molecule has 0 aliphatic rings. The third kappa shape index (κ3) is 2.97. The number of hydrogen-bond donors (Lipinski definition) is 1. The molecule has 0 saturated heterocycles. The van der Waals surface area contributed by atoms with E-state index in [0.29, 0.717) is 11.1 Å². The third-order valence-corrected chi connectivity index (χ3v) is 3.11. The molecule has 0 radical (unpaired) electrons. The summed E-state index contributed by atoms with van der Waals surface area (Å²) in [6.07, 6.45) is 1.47. The number of aromatic nitrogens is 1. The average molecular weight is 287 g/mol. The highest BCUT2D eigenvalue weighted by atomic mass is 16.5. The highest BCUT2D eigenvalue weighted by Gasteiger charge is 2.24. The number of nitrogens with one attached hydrogen (secondary N) is 1. The van der Waals surface area contributed by atoms with Gasteiger partial charge < -0.3 is 14.5 Å². The lowest BCUT2D eigenvalue weighted by Crippen LogP contribution is -2.08. The summed E-state index contributed by atoms with van der Waals surface area (Å²) in [5, 5.41) is 0. The predicted molar refractivity (Wildman–Crippen MR) is 78.3 cm³/mol. The molecule has 0 fully saturated rings. The predicted octanol–water partition coefficient (Wildman–Crippen LogP) is 2.95. The van der Waals surface area contributed by atoms with E-state index in [1.807, 2.05) is 31.2 Å². The number of ether oxygens (including phenoxy) is 2. The summed E-state index contributed by atoms with van der Waals surface area (Å²) in [5.41, 5.74) is 2.91. The molecule has 2 rings (SSSR count). The second-order valence-electron chi connectivity index (χ2n) is 4.53. The summed E-state index contributed by atoms with van der Waals surface area (Å²) < 4.78 is 9.78. The molecule has 0 spiro atoms. The van der Waals surface area contributed by atoms with Gasteiger partial charge in [0, 0.05) is 11.8 Å². The van der Waals surface area contributed by atoms with Gasteiger partial charge in [-0.15, -0.1) is 0 Å². The van der Waals surface area contributed by atoms with E-state index >= 15 is 0 Å². The lowest BCUT2D eigenvalue weighted by atomic mass is 10.0.